The molecule has 21 heavy (non-hydrogen) atoms. The smallest absolute Gasteiger partial charge is 0.303 e. The molecule has 0 radical (unpaired) electrons. The van der Waals surface area contributed by atoms with E-state index in [0.29, 0.717) is 6.42 Å². The minimum atomic E-state index is -0.831. The van der Waals surface area contributed by atoms with Gasteiger partial charge < -0.3 is 10.4 Å². The minimum Gasteiger partial charge on any atom is -0.481 e. The summed E-state index contributed by atoms with van der Waals surface area (Å²) >= 11 is 3.41. The van der Waals surface area contributed by atoms with E-state index in [2.05, 4.69) is 21.2 Å². The molecule has 1 aliphatic rings. The highest BCUT2D eigenvalue weighted by atomic mass is 79.9. The molecule has 0 bridgehead atoms. The first kappa shape index (κ1) is 16.0. The first-order valence-corrected chi connectivity index (χ1v) is 8.02. The summed E-state index contributed by atoms with van der Waals surface area (Å²) in [4.78, 5) is 23.2. The molecular formula is C16H20BrNO3. The van der Waals surface area contributed by atoms with Crippen molar-refractivity contribution < 1.29 is 14.7 Å². The molecule has 0 aromatic heterocycles. The molecule has 114 valence electrons. The highest BCUT2D eigenvalue weighted by molar-refractivity contribution is 9.10. The van der Waals surface area contributed by atoms with E-state index in [1.54, 1.807) is 0 Å². The second-order valence-corrected chi connectivity index (χ2v) is 6.67. The first-order chi connectivity index (χ1) is 9.94. The van der Waals surface area contributed by atoms with Gasteiger partial charge in [-0.15, -0.1) is 0 Å². The summed E-state index contributed by atoms with van der Waals surface area (Å²) < 4.78 is 0.996. The van der Waals surface area contributed by atoms with Gasteiger partial charge in [0.1, 0.15) is 0 Å². The SMILES string of the molecule is CC(CCC(=O)O)NC(=O)C1(c2ccc(Br)cc2)CCC1. The predicted octanol–water partition coefficient (Wildman–Crippen LogP) is 3.24. The number of nitrogens with one attached hydrogen (secondary N) is 1. The average Bonchev–Trinajstić information content (AvgIpc) is 2.37. The van der Waals surface area contributed by atoms with Crippen LogP contribution in [0.5, 0.6) is 0 Å². The molecule has 1 saturated carbocycles. The van der Waals surface area contributed by atoms with Crippen molar-refractivity contribution >= 4 is 27.8 Å². The quantitative estimate of drug-likeness (QED) is 0.824. The molecule has 0 aliphatic heterocycles. The number of hydrogen-bond acceptors (Lipinski definition) is 2. The summed E-state index contributed by atoms with van der Waals surface area (Å²) in [5.74, 6) is -0.809. The van der Waals surface area contributed by atoms with Crippen molar-refractivity contribution in [1.82, 2.24) is 5.32 Å². The zero-order chi connectivity index (χ0) is 15.5. The van der Waals surface area contributed by atoms with Gasteiger partial charge in [0.25, 0.3) is 0 Å². The van der Waals surface area contributed by atoms with Gasteiger partial charge in [-0.05, 0) is 43.9 Å². The fourth-order valence-corrected chi connectivity index (χ4v) is 2.98. The van der Waals surface area contributed by atoms with Crippen LogP contribution in [0.4, 0.5) is 0 Å². The molecule has 0 saturated heterocycles. The molecule has 0 spiro atoms. The summed E-state index contributed by atoms with van der Waals surface area (Å²) in [5, 5.41) is 11.7. The fourth-order valence-electron chi connectivity index (χ4n) is 2.72. The Morgan fingerprint density at radius 3 is 2.43 bits per heavy atom. The third kappa shape index (κ3) is 3.64. The van der Waals surface area contributed by atoms with Crippen molar-refractivity contribution in [1.29, 1.82) is 0 Å². The largest absolute Gasteiger partial charge is 0.481 e. The zero-order valence-corrected chi connectivity index (χ0v) is 13.6. The molecule has 0 heterocycles. The Bertz CT molecular complexity index is 523. The Balaban J connectivity index is 2.04. The normalized spacial score (nSPS) is 17.6. The monoisotopic (exact) mass is 353 g/mol. The standard InChI is InChI=1S/C16H20BrNO3/c1-11(3-8-14(19)20)18-15(21)16(9-2-10-16)12-4-6-13(17)7-5-12/h4-7,11H,2-3,8-10H2,1H3,(H,18,21)(H,19,20). The second-order valence-electron chi connectivity index (χ2n) is 5.75. The van der Waals surface area contributed by atoms with E-state index in [9.17, 15) is 9.59 Å². The van der Waals surface area contributed by atoms with Crippen LogP contribution in [0.2, 0.25) is 0 Å². The molecule has 2 N–H and O–H groups in total. The van der Waals surface area contributed by atoms with E-state index in [1.807, 2.05) is 31.2 Å². The van der Waals surface area contributed by atoms with Gasteiger partial charge >= 0.3 is 5.97 Å². The van der Waals surface area contributed by atoms with E-state index in [0.717, 1.165) is 29.3 Å². The highest BCUT2D eigenvalue weighted by Gasteiger charge is 2.45. The maximum atomic E-state index is 12.6. The molecule has 1 fully saturated rings. The number of rotatable bonds is 6. The number of amides is 1. The average molecular weight is 354 g/mol. The van der Waals surface area contributed by atoms with Gasteiger partial charge in [0.15, 0.2) is 0 Å². The summed E-state index contributed by atoms with van der Waals surface area (Å²) in [6.07, 6.45) is 3.29. The number of hydrogen-bond donors (Lipinski definition) is 2. The van der Waals surface area contributed by atoms with Gasteiger partial charge in [0.2, 0.25) is 5.91 Å². The van der Waals surface area contributed by atoms with Crippen molar-refractivity contribution in [2.24, 2.45) is 0 Å². The lowest BCUT2D eigenvalue weighted by atomic mass is 9.63. The van der Waals surface area contributed by atoms with Crippen LogP contribution < -0.4 is 5.32 Å². The Morgan fingerprint density at radius 2 is 1.95 bits per heavy atom. The van der Waals surface area contributed by atoms with Gasteiger partial charge in [0.05, 0.1) is 5.41 Å². The Hall–Kier alpha value is -1.36. The zero-order valence-electron chi connectivity index (χ0n) is 12.1. The third-order valence-corrected chi connectivity index (χ3v) is 4.74. The van der Waals surface area contributed by atoms with Crippen molar-refractivity contribution in [3.8, 4) is 0 Å². The minimum absolute atomic E-state index is 0.0222. The van der Waals surface area contributed by atoms with Crippen molar-refractivity contribution in [2.75, 3.05) is 0 Å². The van der Waals surface area contributed by atoms with Crippen LogP contribution in [-0.2, 0) is 15.0 Å². The number of halogens is 1. The molecule has 1 aromatic carbocycles. The lowest BCUT2D eigenvalue weighted by molar-refractivity contribution is -0.137. The van der Waals surface area contributed by atoms with Crippen molar-refractivity contribution in [3.05, 3.63) is 34.3 Å². The second kappa shape index (κ2) is 6.60. The number of aliphatic carboxylic acids is 1. The van der Waals surface area contributed by atoms with Crippen LogP contribution in [0.1, 0.15) is 44.6 Å². The number of carbonyl (C=O) groups is 2. The lowest BCUT2D eigenvalue weighted by Gasteiger charge is -2.41. The Labute approximate surface area is 133 Å². The molecule has 4 nitrogen and oxygen atoms in total. The predicted molar refractivity (Wildman–Crippen MR) is 84.1 cm³/mol. The molecule has 1 atom stereocenters. The molecule has 1 amide bonds. The first-order valence-electron chi connectivity index (χ1n) is 7.23. The molecular weight excluding hydrogens is 334 g/mol. The summed E-state index contributed by atoms with van der Waals surface area (Å²) in [6, 6.07) is 7.77. The molecule has 5 heteroatoms. The number of carboxylic acid groups (broad SMARTS) is 1. The number of carbonyl (C=O) groups excluding carboxylic acids is 1. The van der Waals surface area contributed by atoms with Gasteiger partial charge in [-0.2, -0.15) is 0 Å². The molecule has 1 aliphatic carbocycles. The maximum absolute atomic E-state index is 12.6. The van der Waals surface area contributed by atoms with E-state index >= 15 is 0 Å². The maximum Gasteiger partial charge on any atom is 0.303 e. The van der Waals surface area contributed by atoms with Gasteiger partial charge in [0, 0.05) is 16.9 Å². The topological polar surface area (TPSA) is 66.4 Å². The summed E-state index contributed by atoms with van der Waals surface area (Å²) in [7, 11) is 0. The third-order valence-electron chi connectivity index (χ3n) is 4.21. The summed E-state index contributed by atoms with van der Waals surface area (Å²) in [6.45, 7) is 1.86. The number of benzene rings is 1. The van der Waals surface area contributed by atoms with Crippen molar-refractivity contribution in [3.63, 3.8) is 0 Å². The lowest BCUT2D eigenvalue weighted by Crippen LogP contribution is -2.51. The van der Waals surface area contributed by atoms with Crippen LogP contribution in [0, 0.1) is 0 Å². The fraction of sp³-hybridized carbons (Fsp3) is 0.500. The van der Waals surface area contributed by atoms with Crippen LogP contribution in [-0.4, -0.2) is 23.0 Å². The van der Waals surface area contributed by atoms with Gasteiger partial charge in [-0.1, -0.05) is 34.5 Å². The highest BCUT2D eigenvalue weighted by Crippen LogP contribution is 2.44. The van der Waals surface area contributed by atoms with Gasteiger partial charge in [-0.3, -0.25) is 9.59 Å². The van der Waals surface area contributed by atoms with Crippen LogP contribution in [0.3, 0.4) is 0 Å². The van der Waals surface area contributed by atoms with Crippen LogP contribution >= 0.6 is 15.9 Å². The van der Waals surface area contributed by atoms with E-state index in [4.69, 9.17) is 5.11 Å². The number of carboxylic acids is 1. The molecule has 2 rings (SSSR count). The van der Waals surface area contributed by atoms with Crippen LogP contribution in [0.15, 0.2) is 28.7 Å². The van der Waals surface area contributed by atoms with E-state index in [-0.39, 0.29) is 18.4 Å². The van der Waals surface area contributed by atoms with Crippen LogP contribution in [0.25, 0.3) is 0 Å². The van der Waals surface area contributed by atoms with E-state index < -0.39 is 11.4 Å². The molecule has 1 unspecified atom stereocenters. The summed E-state index contributed by atoms with van der Waals surface area (Å²) in [5.41, 5.74) is 0.609. The van der Waals surface area contributed by atoms with Gasteiger partial charge in [-0.25, -0.2) is 0 Å². The van der Waals surface area contributed by atoms with Crippen molar-refractivity contribution in [2.45, 2.75) is 50.5 Å². The molecule has 1 aromatic rings. The Morgan fingerprint density at radius 1 is 1.33 bits per heavy atom. The van der Waals surface area contributed by atoms with E-state index in [1.165, 1.54) is 0 Å². The Kier molecular flexibility index (Phi) is 5.04.